The van der Waals surface area contributed by atoms with E-state index in [0.29, 0.717) is 0 Å². The van der Waals surface area contributed by atoms with Crippen LogP contribution in [0.5, 0.6) is 5.75 Å². The van der Waals surface area contributed by atoms with Crippen LogP contribution in [-0.2, 0) is 9.53 Å². The summed E-state index contributed by atoms with van der Waals surface area (Å²) in [4.78, 5) is 13.4. The SMILES string of the molecule is COc1cccc(N(C)C(=O)C(C)OC)c1. The lowest BCUT2D eigenvalue weighted by molar-refractivity contribution is -0.127. The number of amides is 1. The fourth-order valence-electron chi connectivity index (χ4n) is 1.32. The normalized spacial score (nSPS) is 12.0. The van der Waals surface area contributed by atoms with Gasteiger partial charge in [-0.1, -0.05) is 6.07 Å². The maximum Gasteiger partial charge on any atom is 0.255 e. The molecule has 0 saturated heterocycles. The van der Waals surface area contributed by atoms with Crippen LogP contribution >= 0.6 is 0 Å². The predicted octanol–water partition coefficient (Wildman–Crippen LogP) is 1.69. The van der Waals surface area contributed by atoms with Gasteiger partial charge in [0.2, 0.25) is 0 Å². The monoisotopic (exact) mass is 223 g/mol. The molecular weight excluding hydrogens is 206 g/mol. The number of anilines is 1. The summed E-state index contributed by atoms with van der Waals surface area (Å²) in [5.74, 6) is 0.637. The number of carbonyl (C=O) groups excluding carboxylic acids is 1. The Hall–Kier alpha value is -1.55. The first kappa shape index (κ1) is 12.5. The van der Waals surface area contributed by atoms with Crippen LogP contribution < -0.4 is 9.64 Å². The largest absolute Gasteiger partial charge is 0.497 e. The fourth-order valence-corrected chi connectivity index (χ4v) is 1.32. The molecule has 88 valence electrons. The molecule has 0 aliphatic rings. The van der Waals surface area contributed by atoms with Crippen molar-refractivity contribution in [1.29, 1.82) is 0 Å². The molecule has 1 aromatic rings. The first-order chi connectivity index (χ1) is 7.60. The van der Waals surface area contributed by atoms with Crippen LogP contribution in [0, 0.1) is 0 Å². The minimum Gasteiger partial charge on any atom is -0.497 e. The Morgan fingerprint density at radius 1 is 1.38 bits per heavy atom. The number of methoxy groups -OCH3 is 2. The highest BCUT2D eigenvalue weighted by atomic mass is 16.5. The second kappa shape index (κ2) is 5.51. The molecular formula is C12H17NO3. The van der Waals surface area contributed by atoms with Crippen LogP contribution in [0.2, 0.25) is 0 Å². The number of rotatable bonds is 4. The molecule has 0 fully saturated rings. The second-order valence-electron chi connectivity index (χ2n) is 3.48. The summed E-state index contributed by atoms with van der Waals surface area (Å²) in [5, 5.41) is 0. The number of ether oxygens (including phenoxy) is 2. The van der Waals surface area contributed by atoms with E-state index in [9.17, 15) is 4.79 Å². The molecule has 1 atom stereocenters. The summed E-state index contributed by atoms with van der Waals surface area (Å²) in [7, 11) is 4.83. The molecule has 0 radical (unpaired) electrons. The van der Waals surface area contributed by atoms with Crippen molar-refractivity contribution in [3.63, 3.8) is 0 Å². The van der Waals surface area contributed by atoms with E-state index >= 15 is 0 Å². The third-order valence-electron chi connectivity index (χ3n) is 2.47. The Morgan fingerprint density at radius 2 is 2.06 bits per heavy atom. The highest BCUT2D eigenvalue weighted by molar-refractivity contribution is 5.95. The molecule has 1 amide bonds. The zero-order valence-corrected chi connectivity index (χ0v) is 10.1. The number of likely N-dealkylation sites (N-methyl/N-ethyl adjacent to an activating group) is 1. The van der Waals surface area contributed by atoms with Crippen molar-refractivity contribution in [1.82, 2.24) is 0 Å². The summed E-state index contributed by atoms with van der Waals surface area (Å²) < 4.78 is 10.1. The Morgan fingerprint density at radius 3 is 2.62 bits per heavy atom. The lowest BCUT2D eigenvalue weighted by Gasteiger charge is -2.21. The molecule has 16 heavy (non-hydrogen) atoms. The zero-order valence-electron chi connectivity index (χ0n) is 10.1. The van der Waals surface area contributed by atoms with Gasteiger partial charge < -0.3 is 14.4 Å². The molecule has 0 bridgehead atoms. The Balaban J connectivity index is 2.87. The van der Waals surface area contributed by atoms with Crippen molar-refractivity contribution < 1.29 is 14.3 Å². The average molecular weight is 223 g/mol. The molecule has 0 N–H and O–H groups in total. The highest BCUT2D eigenvalue weighted by Crippen LogP contribution is 2.20. The molecule has 0 aliphatic carbocycles. The van der Waals surface area contributed by atoms with Crippen LogP contribution in [0.1, 0.15) is 6.92 Å². The van der Waals surface area contributed by atoms with E-state index < -0.39 is 6.10 Å². The van der Waals surface area contributed by atoms with Gasteiger partial charge in [0.25, 0.3) is 5.91 Å². The Labute approximate surface area is 95.8 Å². The fraction of sp³-hybridized carbons (Fsp3) is 0.417. The topological polar surface area (TPSA) is 38.8 Å². The van der Waals surface area contributed by atoms with E-state index in [4.69, 9.17) is 9.47 Å². The van der Waals surface area contributed by atoms with Crippen molar-refractivity contribution in [3.05, 3.63) is 24.3 Å². The Kier molecular flexibility index (Phi) is 4.31. The molecule has 1 rings (SSSR count). The van der Waals surface area contributed by atoms with Gasteiger partial charge in [0.05, 0.1) is 7.11 Å². The Bertz CT molecular complexity index is 365. The predicted molar refractivity (Wildman–Crippen MR) is 62.9 cm³/mol. The summed E-state index contributed by atoms with van der Waals surface area (Å²) in [5.41, 5.74) is 0.785. The highest BCUT2D eigenvalue weighted by Gasteiger charge is 2.18. The lowest BCUT2D eigenvalue weighted by atomic mass is 10.2. The van der Waals surface area contributed by atoms with Crippen molar-refractivity contribution in [2.75, 3.05) is 26.2 Å². The number of nitrogens with zero attached hydrogens (tertiary/aromatic N) is 1. The second-order valence-corrected chi connectivity index (χ2v) is 3.48. The van der Waals surface area contributed by atoms with Gasteiger partial charge >= 0.3 is 0 Å². The van der Waals surface area contributed by atoms with E-state index in [0.717, 1.165) is 11.4 Å². The smallest absolute Gasteiger partial charge is 0.255 e. The van der Waals surface area contributed by atoms with Crippen molar-refractivity contribution in [3.8, 4) is 5.75 Å². The van der Waals surface area contributed by atoms with Gasteiger partial charge in [0.15, 0.2) is 0 Å². The van der Waals surface area contributed by atoms with E-state index in [1.165, 1.54) is 7.11 Å². The van der Waals surface area contributed by atoms with Crippen LogP contribution in [-0.4, -0.2) is 33.3 Å². The molecule has 0 saturated carbocycles. The molecule has 0 heterocycles. The van der Waals surface area contributed by atoms with Crippen molar-refractivity contribution in [2.24, 2.45) is 0 Å². The van der Waals surface area contributed by atoms with E-state index in [1.807, 2.05) is 18.2 Å². The molecule has 4 heteroatoms. The molecule has 1 aromatic carbocycles. The lowest BCUT2D eigenvalue weighted by Crippen LogP contribution is -2.35. The molecule has 0 aromatic heterocycles. The first-order valence-corrected chi connectivity index (χ1v) is 5.04. The van der Waals surface area contributed by atoms with Crippen molar-refractivity contribution in [2.45, 2.75) is 13.0 Å². The van der Waals surface area contributed by atoms with Gasteiger partial charge in [-0.3, -0.25) is 4.79 Å². The van der Waals surface area contributed by atoms with Gasteiger partial charge in [-0.2, -0.15) is 0 Å². The average Bonchev–Trinajstić information content (AvgIpc) is 2.36. The quantitative estimate of drug-likeness (QED) is 0.779. The van der Waals surface area contributed by atoms with E-state index in [1.54, 1.807) is 32.0 Å². The van der Waals surface area contributed by atoms with Gasteiger partial charge in [0, 0.05) is 25.9 Å². The maximum absolute atomic E-state index is 11.8. The van der Waals surface area contributed by atoms with E-state index in [2.05, 4.69) is 0 Å². The van der Waals surface area contributed by atoms with Gasteiger partial charge in [-0.25, -0.2) is 0 Å². The molecule has 4 nitrogen and oxygen atoms in total. The standard InChI is InChI=1S/C12H17NO3/c1-9(15-3)12(14)13(2)10-6-5-7-11(8-10)16-4/h5-9H,1-4H3. The van der Waals surface area contributed by atoms with Crippen molar-refractivity contribution >= 4 is 11.6 Å². The summed E-state index contributed by atoms with van der Waals surface area (Å²) >= 11 is 0. The van der Waals surface area contributed by atoms with E-state index in [-0.39, 0.29) is 5.91 Å². The molecule has 1 unspecified atom stereocenters. The number of carbonyl (C=O) groups is 1. The minimum atomic E-state index is -0.448. The van der Waals surface area contributed by atoms with Gasteiger partial charge in [-0.15, -0.1) is 0 Å². The summed E-state index contributed by atoms with van der Waals surface area (Å²) in [6, 6.07) is 7.33. The zero-order chi connectivity index (χ0) is 12.1. The third kappa shape index (κ3) is 2.73. The number of benzene rings is 1. The maximum atomic E-state index is 11.8. The first-order valence-electron chi connectivity index (χ1n) is 5.04. The van der Waals surface area contributed by atoms with Crippen LogP contribution in [0.15, 0.2) is 24.3 Å². The molecule has 0 aliphatic heterocycles. The number of hydrogen-bond acceptors (Lipinski definition) is 3. The minimum absolute atomic E-state index is 0.0873. The van der Waals surface area contributed by atoms with Crippen LogP contribution in [0.4, 0.5) is 5.69 Å². The summed E-state index contributed by atoms with van der Waals surface area (Å²) in [6.07, 6.45) is -0.448. The summed E-state index contributed by atoms with van der Waals surface area (Å²) in [6.45, 7) is 1.72. The molecule has 0 spiro atoms. The van der Waals surface area contributed by atoms with Gasteiger partial charge in [0.1, 0.15) is 11.9 Å². The number of hydrogen-bond donors (Lipinski definition) is 0. The van der Waals surface area contributed by atoms with Gasteiger partial charge in [-0.05, 0) is 19.1 Å². The van der Waals surface area contributed by atoms with Crippen LogP contribution in [0.3, 0.4) is 0 Å². The van der Waals surface area contributed by atoms with Crippen LogP contribution in [0.25, 0.3) is 0 Å². The third-order valence-corrected chi connectivity index (χ3v) is 2.47.